The van der Waals surface area contributed by atoms with Crippen LogP contribution in [0.1, 0.15) is 43.4 Å². The number of anilines is 1. The quantitative estimate of drug-likeness (QED) is 0.375. The van der Waals surface area contributed by atoms with E-state index in [0.717, 1.165) is 6.07 Å². The van der Waals surface area contributed by atoms with Gasteiger partial charge in [-0.15, -0.1) is 0 Å². The standard InChI is InChI=1S/C23H21FN6O4/c1-12-18(20(31)22(33)29-23(9-34-10-23)17-8-26-11-27-17)13(2)30(3)19(12)21(32)28-15-4-5-16(24)14(6-15)7-25/h4-6,8,11H,9-10H2,1-3H3,(H,26,27)(H,28,32)(H,29,33). The second kappa shape index (κ2) is 8.57. The van der Waals surface area contributed by atoms with Crippen LogP contribution >= 0.6 is 0 Å². The van der Waals surface area contributed by atoms with Crippen molar-refractivity contribution < 1.29 is 23.5 Å². The molecule has 11 heteroatoms. The minimum atomic E-state index is -0.898. The number of rotatable bonds is 6. The summed E-state index contributed by atoms with van der Waals surface area (Å²) < 4.78 is 20.3. The van der Waals surface area contributed by atoms with Gasteiger partial charge in [0.15, 0.2) is 0 Å². The highest BCUT2D eigenvalue weighted by molar-refractivity contribution is 6.43. The Labute approximate surface area is 193 Å². The van der Waals surface area contributed by atoms with Gasteiger partial charge in [-0.3, -0.25) is 14.4 Å². The maximum absolute atomic E-state index is 13.6. The fourth-order valence-corrected chi connectivity index (χ4v) is 4.01. The predicted octanol–water partition coefficient (Wildman–Crippen LogP) is 1.85. The molecule has 34 heavy (non-hydrogen) atoms. The Kier molecular flexibility index (Phi) is 5.76. The van der Waals surface area contributed by atoms with Gasteiger partial charge in [0.1, 0.15) is 23.1 Å². The number of halogens is 1. The SMILES string of the molecule is Cc1c(C(=O)C(=O)NC2(c3c[nH]cn3)COC2)c(C)n(C)c1C(=O)Nc1ccc(F)c(C#N)c1. The van der Waals surface area contributed by atoms with Gasteiger partial charge in [-0.05, 0) is 37.6 Å². The molecule has 0 spiro atoms. The van der Waals surface area contributed by atoms with Crippen LogP contribution in [-0.4, -0.2) is 45.3 Å². The molecular weight excluding hydrogens is 443 g/mol. The van der Waals surface area contributed by atoms with E-state index in [4.69, 9.17) is 10.00 Å². The maximum atomic E-state index is 13.6. The predicted molar refractivity (Wildman–Crippen MR) is 118 cm³/mol. The van der Waals surface area contributed by atoms with Crippen molar-refractivity contribution in [2.24, 2.45) is 7.05 Å². The number of hydrogen-bond donors (Lipinski definition) is 3. The van der Waals surface area contributed by atoms with Crippen molar-refractivity contribution in [3.05, 3.63) is 70.3 Å². The average molecular weight is 464 g/mol. The van der Waals surface area contributed by atoms with Gasteiger partial charge in [0.2, 0.25) is 0 Å². The lowest BCUT2D eigenvalue weighted by atomic mass is 9.92. The number of aromatic amines is 1. The zero-order valence-electron chi connectivity index (χ0n) is 18.7. The van der Waals surface area contributed by atoms with E-state index < -0.39 is 29.0 Å². The molecule has 0 bridgehead atoms. The number of ketones is 1. The van der Waals surface area contributed by atoms with E-state index >= 15 is 0 Å². The smallest absolute Gasteiger partial charge is 0.293 e. The van der Waals surface area contributed by atoms with Gasteiger partial charge in [0.25, 0.3) is 17.6 Å². The maximum Gasteiger partial charge on any atom is 0.293 e. The molecule has 0 radical (unpaired) electrons. The second-order valence-electron chi connectivity index (χ2n) is 8.07. The van der Waals surface area contributed by atoms with E-state index in [2.05, 4.69) is 20.6 Å². The molecule has 3 heterocycles. The lowest BCUT2D eigenvalue weighted by Crippen LogP contribution is -2.60. The van der Waals surface area contributed by atoms with E-state index in [-0.39, 0.29) is 35.7 Å². The minimum Gasteiger partial charge on any atom is -0.376 e. The first-order chi connectivity index (χ1) is 16.2. The molecule has 0 unspecified atom stereocenters. The van der Waals surface area contributed by atoms with Crippen LogP contribution in [0, 0.1) is 31.0 Å². The van der Waals surface area contributed by atoms with Crippen molar-refractivity contribution in [2.75, 3.05) is 18.5 Å². The van der Waals surface area contributed by atoms with E-state index in [1.54, 1.807) is 33.2 Å². The number of carbonyl (C=O) groups is 3. The number of amides is 2. The Morgan fingerprint density at radius 1 is 1.29 bits per heavy atom. The number of ether oxygens (including phenoxy) is 1. The van der Waals surface area contributed by atoms with E-state index in [0.29, 0.717) is 17.0 Å². The Balaban J connectivity index is 1.59. The minimum absolute atomic E-state index is 0.111. The summed E-state index contributed by atoms with van der Waals surface area (Å²) in [5.41, 5.74) is 0.679. The highest BCUT2D eigenvalue weighted by Gasteiger charge is 2.45. The van der Waals surface area contributed by atoms with Crippen LogP contribution in [0.2, 0.25) is 0 Å². The molecule has 0 atom stereocenters. The van der Waals surface area contributed by atoms with Crippen molar-refractivity contribution in [3.63, 3.8) is 0 Å². The summed E-state index contributed by atoms with van der Waals surface area (Å²) in [4.78, 5) is 46.0. The van der Waals surface area contributed by atoms with Crippen LogP contribution in [0.25, 0.3) is 0 Å². The molecule has 3 N–H and O–H groups in total. The first-order valence-corrected chi connectivity index (χ1v) is 10.3. The number of H-pyrrole nitrogens is 1. The molecule has 2 amide bonds. The fraction of sp³-hybridized carbons (Fsp3) is 0.261. The van der Waals surface area contributed by atoms with Crippen molar-refractivity contribution in [2.45, 2.75) is 19.4 Å². The summed E-state index contributed by atoms with van der Waals surface area (Å²) >= 11 is 0. The van der Waals surface area contributed by atoms with Gasteiger partial charge < -0.3 is 24.9 Å². The number of nitrogens with zero attached hydrogens (tertiary/aromatic N) is 3. The number of Topliss-reactive ketones (excluding diaryl/α,β-unsaturated/α-hetero) is 1. The summed E-state index contributed by atoms with van der Waals surface area (Å²) in [6.07, 6.45) is 3.10. The molecule has 3 aromatic rings. The average Bonchev–Trinajstić information content (AvgIpc) is 3.39. The molecule has 1 fully saturated rings. The van der Waals surface area contributed by atoms with E-state index in [1.165, 1.54) is 23.0 Å². The Hall–Kier alpha value is -4.30. The summed E-state index contributed by atoms with van der Waals surface area (Å²) in [6.45, 7) is 3.56. The molecule has 174 valence electrons. The monoisotopic (exact) mass is 464 g/mol. The fourth-order valence-electron chi connectivity index (χ4n) is 4.01. The third kappa shape index (κ3) is 3.74. The molecule has 4 rings (SSSR count). The number of benzene rings is 1. The van der Waals surface area contributed by atoms with Gasteiger partial charge in [0, 0.05) is 24.6 Å². The molecule has 1 aliphatic heterocycles. The van der Waals surface area contributed by atoms with Crippen molar-refractivity contribution in [1.82, 2.24) is 19.9 Å². The van der Waals surface area contributed by atoms with Gasteiger partial charge >= 0.3 is 0 Å². The molecule has 1 saturated heterocycles. The van der Waals surface area contributed by atoms with Crippen LogP contribution in [0.4, 0.5) is 10.1 Å². The molecule has 0 saturated carbocycles. The van der Waals surface area contributed by atoms with Crippen molar-refractivity contribution in [1.29, 1.82) is 5.26 Å². The highest BCUT2D eigenvalue weighted by atomic mass is 19.1. The zero-order chi connectivity index (χ0) is 24.6. The molecular formula is C23H21FN6O4. The van der Waals surface area contributed by atoms with E-state index in [9.17, 15) is 18.8 Å². The van der Waals surface area contributed by atoms with Crippen LogP contribution in [0.3, 0.4) is 0 Å². The number of aromatic nitrogens is 3. The van der Waals surface area contributed by atoms with Crippen LogP contribution in [-0.2, 0) is 22.1 Å². The first kappa shape index (κ1) is 22.9. The first-order valence-electron chi connectivity index (χ1n) is 10.3. The summed E-state index contributed by atoms with van der Waals surface area (Å²) in [5, 5.41) is 14.3. The molecule has 2 aromatic heterocycles. The molecule has 0 aliphatic carbocycles. The number of nitrogens with one attached hydrogen (secondary N) is 3. The Morgan fingerprint density at radius 3 is 2.62 bits per heavy atom. The zero-order valence-corrected chi connectivity index (χ0v) is 18.7. The number of imidazole rings is 1. The van der Waals surface area contributed by atoms with Gasteiger partial charge in [0.05, 0.1) is 36.4 Å². The van der Waals surface area contributed by atoms with Crippen LogP contribution in [0.15, 0.2) is 30.7 Å². The topological polar surface area (TPSA) is 142 Å². The van der Waals surface area contributed by atoms with Crippen LogP contribution in [0.5, 0.6) is 0 Å². The van der Waals surface area contributed by atoms with Gasteiger partial charge in [-0.2, -0.15) is 5.26 Å². The number of nitriles is 1. The van der Waals surface area contributed by atoms with Crippen molar-refractivity contribution >= 4 is 23.3 Å². The van der Waals surface area contributed by atoms with E-state index in [1.807, 2.05) is 0 Å². The highest BCUT2D eigenvalue weighted by Crippen LogP contribution is 2.29. The number of hydrogen-bond acceptors (Lipinski definition) is 6. The Morgan fingerprint density at radius 2 is 2.03 bits per heavy atom. The van der Waals surface area contributed by atoms with Gasteiger partial charge in [-0.25, -0.2) is 9.37 Å². The summed E-state index contributed by atoms with van der Waals surface area (Å²) in [6, 6.07) is 5.34. The lowest BCUT2D eigenvalue weighted by molar-refractivity contribution is -0.130. The van der Waals surface area contributed by atoms with Crippen LogP contribution < -0.4 is 10.6 Å². The van der Waals surface area contributed by atoms with Gasteiger partial charge in [-0.1, -0.05) is 0 Å². The summed E-state index contributed by atoms with van der Waals surface area (Å²) in [5.74, 6) is -2.90. The number of carbonyl (C=O) groups excluding carboxylic acids is 3. The Bertz CT molecular complexity index is 1350. The third-order valence-corrected chi connectivity index (χ3v) is 5.96. The molecule has 1 aromatic carbocycles. The largest absolute Gasteiger partial charge is 0.376 e. The molecule has 10 nitrogen and oxygen atoms in total. The second-order valence-corrected chi connectivity index (χ2v) is 8.07. The normalized spacial score (nSPS) is 14.1. The lowest BCUT2D eigenvalue weighted by Gasteiger charge is -2.40. The third-order valence-electron chi connectivity index (χ3n) is 5.96. The van der Waals surface area contributed by atoms with Crippen molar-refractivity contribution in [3.8, 4) is 6.07 Å². The molecule has 1 aliphatic rings. The summed E-state index contributed by atoms with van der Waals surface area (Å²) in [7, 11) is 1.60.